The van der Waals surface area contributed by atoms with E-state index in [1.807, 2.05) is 51.1 Å². The maximum Gasteiger partial charge on any atom is 0.189 e. The lowest BCUT2D eigenvalue weighted by atomic mass is 9.95. The van der Waals surface area contributed by atoms with Gasteiger partial charge in [0.15, 0.2) is 5.78 Å². The first-order valence-electron chi connectivity index (χ1n) is 8.43. The molecule has 2 aromatic rings. The van der Waals surface area contributed by atoms with E-state index in [-0.39, 0.29) is 28.2 Å². The van der Waals surface area contributed by atoms with Crippen molar-refractivity contribution in [1.29, 1.82) is 0 Å². The minimum atomic E-state index is -0.455. The number of aryl methyl sites for hydroxylation is 1. The number of aromatic hydroxyl groups is 2. The number of phenols is 2. The third-order valence-corrected chi connectivity index (χ3v) is 4.10. The quantitative estimate of drug-likeness (QED) is 0.411. The van der Waals surface area contributed by atoms with E-state index in [1.165, 1.54) is 12.1 Å². The number of carbonyl (C=O) groups is 1. The maximum absolute atomic E-state index is 12.6. The first-order chi connectivity index (χ1) is 12.3. The van der Waals surface area contributed by atoms with Crippen molar-refractivity contribution in [2.24, 2.45) is 0 Å². The van der Waals surface area contributed by atoms with E-state index >= 15 is 0 Å². The summed E-state index contributed by atoms with van der Waals surface area (Å²) in [5.74, 6) is -0.848. The lowest BCUT2D eigenvalue weighted by molar-refractivity contribution is 0.104. The lowest BCUT2D eigenvalue weighted by Crippen LogP contribution is -2.04. The SMILES string of the molecule is CC(C)=CCc1c(O)cc(CO)c(C(=O)/C=C/c2ccc(C)cc2)c1O. The molecule has 0 fully saturated rings. The van der Waals surface area contributed by atoms with Crippen LogP contribution in [-0.4, -0.2) is 21.1 Å². The van der Waals surface area contributed by atoms with Gasteiger partial charge in [-0.3, -0.25) is 4.79 Å². The van der Waals surface area contributed by atoms with Gasteiger partial charge in [0.05, 0.1) is 12.2 Å². The third-order valence-electron chi connectivity index (χ3n) is 4.10. The van der Waals surface area contributed by atoms with Gasteiger partial charge in [-0.1, -0.05) is 47.6 Å². The average Bonchev–Trinajstić information content (AvgIpc) is 2.60. The topological polar surface area (TPSA) is 77.8 Å². The van der Waals surface area contributed by atoms with Gasteiger partial charge in [-0.2, -0.15) is 0 Å². The zero-order valence-corrected chi connectivity index (χ0v) is 15.3. The van der Waals surface area contributed by atoms with Gasteiger partial charge in [-0.25, -0.2) is 0 Å². The monoisotopic (exact) mass is 352 g/mol. The second-order valence-corrected chi connectivity index (χ2v) is 6.51. The fourth-order valence-electron chi connectivity index (χ4n) is 2.59. The Labute approximate surface area is 153 Å². The molecule has 0 aliphatic heterocycles. The summed E-state index contributed by atoms with van der Waals surface area (Å²) in [7, 11) is 0. The van der Waals surface area contributed by atoms with Gasteiger partial charge in [0, 0.05) is 5.56 Å². The summed E-state index contributed by atoms with van der Waals surface area (Å²) in [5.41, 5.74) is 3.50. The molecule has 0 bridgehead atoms. The van der Waals surface area contributed by atoms with Gasteiger partial charge in [-0.15, -0.1) is 0 Å². The molecule has 0 saturated heterocycles. The zero-order chi connectivity index (χ0) is 19.3. The number of aliphatic hydroxyl groups excluding tert-OH is 1. The molecule has 136 valence electrons. The molecule has 0 unspecified atom stereocenters. The van der Waals surface area contributed by atoms with E-state index in [0.717, 1.165) is 16.7 Å². The summed E-state index contributed by atoms with van der Waals surface area (Å²) in [6, 6.07) is 9.00. The van der Waals surface area contributed by atoms with Crippen LogP contribution in [0.2, 0.25) is 0 Å². The number of hydrogen-bond acceptors (Lipinski definition) is 4. The van der Waals surface area contributed by atoms with Crippen molar-refractivity contribution < 1.29 is 20.1 Å². The van der Waals surface area contributed by atoms with E-state index in [4.69, 9.17) is 0 Å². The number of benzene rings is 2. The van der Waals surface area contributed by atoms with Crippen molar-refractivity contribution in [3.8, 4) is 11.5 Å². The molecule has 0 aliphatic rings. The number of hydrogen-bond donors (Lipinski definition) is 3. The van der Waals surface area contributed by atoms with Crippen molar-refractivity contribution in [1.82, 2.24) is 0 Å². The maximum atomic E-state index is 12.6. The zero-order valence-electron chi connectivity index (χ0n) is 15.3. The van der Waals surface area contributed by atoms with Gasteiger partial charge < -0.3 is 15.3 Å². The number of ketones is 1. The van der Waals surface area contributed by atoms with E-state index in [1.54, 1.807) is 6.08 Å². The summed E-state index contributed by atoms with van der Waals surface area (Å²) in [4.78, 5) is 12.6. The van der Waals surface area contributed by atoms with E-state index in [0.29, 0.717) is 6.42 Å². The van der Waals surface area contributed by atoms with Gasteiger partial charge in [0.25, 0.3) is 0 Å². The Hall–Kier alpha value is -2.85. The highest BCUT2D eigenvalue weighted by Gasteiger charge is 2.20. The summed E-state index contributed by atoms with van der Waals surface area (Å²) < 4.78 is 0. The molecular formula is C22H24O4. The van der Waals surface area contributed by atoms with Crippen LogP contribution in [0.1, 0.15) is 46.5 Å². The Morgan fingerprint density at radius 1 is 1.12 bits per heavy atom. The minimum absolute atomic E-state index is 0.0193. The third kappa shape index (κ3) is 4.61. The van der Waals surface area contributed by atoms with Gasteiger partial charge in [-0.05, 0) is 50.5 Å². The molecule has 0 atom stereocenters. The fourth-order valence-corrected chi connectivity index (χ4v) is 2.59. The fraction of sp³-hybridized carbons (Fsp3) is 0.227. The van der Waals surface area contributed by atoms with E-state index in [2.05, 4.69) is 0 Å². The van der Waals surface area contributed by atoms with Gasteiger partial charge >= 0.3 is 0 Å². The van der Waals surface area contributed by atoms with Crippen molar-refractivity contribution in [2.75, 3.05) is 0 Å². The first kappa shape index (κ1) is 19.5. The average molecular weight is 352 g/mol. The smallest absolute Gasteiger partial charge is 0.189 e. The molecule has 26 heavy (non-hydrogen) atoms. The molecule has 4 heteroatoms. The number of phenolic OH excluding ortho intramolecular Hbond substituents is 2. The molecule has 2 aromatic carbocycles. The molecule has 4 nitrogen and oxygen atoms in total. The molecule has 3 N–H and O–H groups in total. The first-order valence-corrected chi connectivity index (χ1v) is 8.43. The number of carbonyl (C=O) groups excluding carboxylic acids is 1. The predicted molar refractivity (Wildman–Crippen MR) is 103 cm³/mol. The van der Waals surface area contributed by atoms with E-state index < -0.39 is 12.4 Å². The molecule has 0 spiro atoms. The normalized spacial score (nSPS) is 10.9. The Morgan fingerprint density at radius 2 is 1.77 bits per heavy atom. The van der Waals surface area contributed by atoms with Gasteiger partial charge in [0.1, 0.15) is 11.5 Å². The van der Waals surface area contributed by atoms with Crippen LogP contribution in [0.15, 0.2) is 48.1 Å². The standard InChI is InChI=1S/C22H24O4/c1-14(2)4-10-18-20(25)12-17(13-23)21(22(18)26)19(24)11-9-16-7-5-15(3)6-8-16/h4-9,11-12,23,25-26H,10,13H2,1-3H3/b11-9+. The molecule has 0 aliphatic carbocycles. The largest absolute Gasteiger partial charge is 0.508 e. The molecule has 2 rings (SSSR count). The second-order valence-electron chi connectivity index (χ2n) is 6.51. The highest BCUT2D eigenvalue weighted by atomic mass is 16.3. The Kier molecular flexibility index (Phi) is 6.36. The van der Waals surface area contributed by atoms with Crippen molar-refractivity contribution in [3.63, 3.8) is 0 Å². The molecular weight excluding hydrogens is 328 g/mol. The Bertz CT molecular complexity index is 855. The molecule has 0 heterocycles. The van der Waals surface area contributed by atoms with Crippen LogP contribution in [-0.2, 0) is 13.0 Å². The Balaban J connectivity index is 2.42. The van der Waals surface area contributed by atoms with E-state index in [9.17, 15) is 20.1 Å². The van der Waals surface area contributed by atoms with Crippen molar-refractivity contribution in [2.45, 2.75) is 33.8 Å². The number of allylic oxidation sites excluding steroid dienone is 3. The molecule has 0 aromatic heterocycles. The highest BCUT2D eigenvalue weighted by Crippen LogP contribution is 2.35. The molecule has 0 radical (unpaired) electrons. The van der Waals surface area contributed by atoms with Crippen LogP contribution in [0, 0.1) is 6.92 Å². The van der Waals surface area contributed by atoms with Crippen LogP contribution >= 0.6 is 0 Å². The van der Waals surface area contributed by atoms with Gasteiger partial charge in [0.2, 0.25) is 0 Å². The number of aliphatic hydroxyl groups is 1. The Morgan fingerprint density at radius 3 is 2.35 bits per heavy atom. The highest BCUT2D eigenvalue weighted by molar-refractivity contribution is 6.10. The van der Waals surface area contributed by atoms with Crippen molar-refractivity contribution >= 4 is 11.9 Å². The molecule has 0 saturated carbocycles. The summed E-state index contributed by atoms with van der Waals surface area (Å²) >= 11 is 0. The molecule has 0 amide bonds. The minimum Gasteiger partial charge on any atom is -0.508 e. The number of rotatable bonds is 6. The summed E-state index contributed by atoms with van der Waals surface area (Å²) in [5, 5.41) is 30.2. The predicted octanol–water partition coefficient (Wildman–Crippen LogP) is 4.30. The van der Waals surface area contributed by atoms with Crippen LogP contribution in [0.25, 0.3) is 6.08 Å². The summed E-state index contributed by atoms with van der Waals surface area (Å²) in [6.45, 7) is 5.34. The summed E-state index contributed by atoms with van der Waals surface area (Å²) in [6.07, 6.45) is 5.17. The van der Waals surface area contributed by atoms with Crippen LogP contribution < -0.4 is 0 Å². The second kappa shape index (κ2) is 8.50. The van der Waals surface area contributed by atoms with Crippen LogP contribution in [0.5, 0.6) is 11.5 Å². The lowest BCUT2D eigenvalue weighted by Gasteiger charge is -2.13. The van der Waals surface area contributed by atoms with Crippen molar-refractivity contribution in [3.05, 3.63) is 75.9 Å². The van der Waals surface area contributed by atoms with Crippen LogP contribution in [0.4, 0.5) is 0 Å². The van der Waals surface area contributed by atoms with Crippen LogP contribution in [0.3, 0.4) is 0 Å².